The molecule has 4 N–H and O–H groups in total. The molecule has 0 atom stereocenters. The van der Waals surface area contributed by atoms with E-state index in [9.17, 15) is 9.59 Å². The smallest absolute Gasteiger partial charge is 0.413 e. The van der Waals surface area contributed by atoms with E-state index in [4.69, 9.17) is 15.6 Å². The van der Waals surface area contributed by atoms with Gasteiger partial charge in [-0.1, -0.05) is 6.92 Å². The molecule has 2 amide bonds. The van der Waals surface area contributed by atoms with Crippen molar-refractivity contribution in [2.24, 2.45) is 0 Å². The third-order valence-electron chi connectivity index (χ3n) is 2.51. The summed E-state index contributed by atoms with van der Waals surface area (Å²) in [6, 6.07) is 0. The second kappa shape index (κ2) is 6.67. The first-order valence-corrected chi connectivity index (χ1v) is 6.05. The van der Waals surface area contributed by atoms with Crippen LogP contribution in [0.3, 0.4) is 0 Å². The van der Waals surface area contributed by atoms with Crippen molar-refractivity contribution in [1.82, 2.24) is 10.6 Å². The molecule has 0 aromatic heterocycles. The Morgan fingerprint density at radius 1 is 1.37 bits per heavy atom. The lowest BCUT2D eigenvalue weighted by molar-refractivity contribution is -0.114. The highest BCUT2D eigenvalue weighted by Crippen LogP contribution is 2.23. The van der Waals surface area contributed by atoms with Gasteiger partial charge in [0.05, 0.1) is 0 Å². The SMILES string of the molecule is CC/C(=C/C(=N)NC(=O)OC1CC1)C(=N)C(=O)NC. The highest BCUT2D eigenvalue weighted by atomic mass is 16.6. The summed E-state index contributed by atoms with van der Waals surface area (Å²) in [7, 11) is 1.43. The third kappa shape index (κ3) is 4.90. The fourth-order valence-corrected chi connectivity index (χ4v) is 1.31. The monoisotopic (exact) mass is 266 g/mol. The summed E-state index contributed by atoms with van der Waals surface area (Å²) < 4.78 is 4.92. The Hall–Kier alpha value is -2.18. The third-order valence-corrected chi connectivity index (χ3v) is 2.51. The standard InChI is InChI=1S/C12H18N4O3/c1-3-7(10(14)11(17)15-2)6-9(13)16-12(18)19-8-4-5-8/h6,8,14H,3-5H2,1-2H3,(H,15,17)(H2,13,16,18)/b7-6-,14-10?. The van der Waals surface area contributed by atoms with Crippen molar-refractivity contribution in [2.75, 3.05) is 7.05 Å². The van der Waals surface area contributed by atoms with Crippen molar-refractivity contribution in [1.29, 1.82) is 10.8 Å². The van der Waals surface area contributed by atoms with Crippen LogP contribution >= 0.6 is 0 Å². The Kier molecular flexibility index (Phi) is 5.23. The van der Waals surface area contributed by atoms with Gasteiger partial charge in [-0.2, -0.15) is 0 Å². The molecule has 1 aliphatic rings. The van der Waals surface area contributed by atoms with E-state index in [1.165, 1.54) is 13.1 Å². The van der Waals surface area contributed by atoms with Crippen molar-refractivity contribution < 1.29 is 14.3 Å². The number of nitrogens with one attached hydrogen (secondary N) is 4. The molecule has 0 aliphatic heterocycles. The summed E-state index contributed by atoms with van der Waals surface area (Å²) in [5.41, 5.74) is 0.156. The quantitative estimate of drug-likeness (QED) is 0.438. The predicted molar refractivity (Wildman–Crippen MR) is 70.5 cm³/mol. The first-order chi connectivity index (χ1) is 8.97. The second-order valence-electron chi connectivity index (χ2n) is 4.12. The zero-order valence-corrected chi connectivity index (χ0v) is 11.0. The molecule has 0 bridgehead atoms. The van der Waals surface area contributed by atoms with E-state index in [-0.39, 0.29) is 17.7 Å². The Morgan fingerprint density at radius 2 is 2.00 bits per heavy atom. The van der Waals surface area contributed by atoms with Gasteiger partial charge in [0.1, 0.15) is 17.7 Å². The van der Waals surface area contributed by atoms with Crippen LogP contribution in [0.15, 0.2) is 11.6 Å². The van der Waals surface area contributed by atoms with Crippen LogP contribution in [-0.2, 0) is 9.53 Å². The molecule has 0 radical (unpaired) electrons. The number of hydrogen-bond acceptors (Lipinski definition) is 5. The lowest BCUT2D eigenvalue weighted by Crippen LogP contribution is -2.32. The van der Waals surface area contributed by atoms with Gasteiger partial charge in [-0.25, -0.2) is 4.79 Å². The van der Waals surface area contributed by atoms with E-state index < -0.39 is 12.0 Å². The number of alkyl carbamates (subject to hydrolysis) is 1. The maximum absolute atomic E-state index is 11.3. The van der Waals surface area contributed by atoms with Crippen molar-refractivity contribution >= 4 is 23.5 Å². The number of amidine groups is 1. The van der Waals surface area contributed by atoms with Crippen LogP contribution in [0, 0.1) is 10.8 Å². The molecule has 0 spiro atoms. The van der Waals surface area contributed by atoms with Crippen molar-refractivity contribution in [3.8, 4) is 0 Å². The van der Waals surface area contributed by atoms with Gasteiger partial charge in [0.15, 0.2) is 0 Å². The van der Waals surface area contributed by atoms with E-state index >= 15 is 0 Å². The summed E-state index contributed by atoms with van der Waals surface area (Å²) in [5.74, 6) is -0.724. The van der Waals surface area contributed by atoms with Crippen LogP contribution in [0.5, 0.6) is 0 Å². The van der Waals surface area contributed by atoms with E-state index in [1.54, 1.807) is 6.92 Å². The minimum atomic E-state index is -0.675. The van der Waals surface area contributed by atoms with Gasteiger partial charge in [0, 0.05) is 7.05 Å². The number of carbonyl (C=O) groups excluding carboxylic acids is 2. The molecule has 0 unspecified atom stereocenters. The molecule has 0 aromatic carbocycles. The lowest BCUT2D eigenvalue weighted by Gasteiger charge is -2.08. The average Bonchev–Trinajstić information content (AvgIpc) is 3.17. The fourth-order valence-electron chi connectivity index (χ4n) is 1.31. The molecule has 1 fully saturated rings. The van der Waals surface area contributed by atoms with Crippen molar-refractivity contribution in [3.63, 3.8) is 0 Å². The average molecular weight is 266 g/mol. The predicted octanol–water partition coefficient (Wildman–Crippen LogP) is 0.954. The van der Waals surface area contributed by atoms with Crippen molar-refractivity contribution in [2.45, 2.75) is 32.3 Å². The van der Waals surface area contributed by atoms with Crippen LogP contribution in [0.2, 0.25) is 0 Å². The number of rotatable bonds is 5. The number of ether oxygens (including phenoxy) is 1. The maximum Gasteiger partial charge on any atom is 0.413 e. The van der Waals surface area contributed by atoms with E-state index in [0.717, 1.165) is 12.8 Å². The Labute approximate surface area is 111 Å². The molecule has 1 rings (SSSR count). The van der Waals surface area contributed by atoms with E-state index in [0.29, 0.717) is 12.0 Å². The van der Waals surface area contributed by atoms with Gasteiger partial charge in [-0.3, -0.25) is 20.9 Å². The normalized spacial score (nSPS) is 14.5. The highest BCUT2D eigenvalue weighted by Gasteiger charge is 2.26. The topological polar surface area (TPSA) is 115 Å². The molecule has 7 heteroatoms. The summed E-state index contributed by atoms with van der Waals surface area (Å²) in [6.07, 6.45) is 2.70. The summed E-state index contributed by atoms with van der Waals surface area (Å²) in [4.78, 5) is 22.6. The zero-order chi connectivity index (χ0) is 14.4. The summed E-state index contributed by atoms with van der Waals surface area (Å²) >= 11 is 0. The van der Waals surface area contributed by atoms with Gasteiger partial charge in [-0.05, 0) is 30.9 Å². The van der Waals surface area contributed by atoms with Crippen LogP contribution in [0.4, 0.5) is 4.79 Å². The number of amides is 2. The molecule has 0 saturated heterocycles. The first-order valence-electron chi connectivity index (χ1n) is 6.05. The largest absolute Gasteiger partial charge is 0.446 e. The van der Waals surface area contributed by atoms with Gasteiger partial charge >= 0.3 is 6.09 Å². The molecule has 1 saturated carbocycles. The van der Waals surface area contributed by atoms with Crippen molar-refractivity contribution in [3.05, 3.63) is 11.6 Å². The molecule has 0 heterocycles. The lowest BCUT2D eigenvalue weighted by atomic mass is 10.1. The Bertz CT molecular complexity index is 438. The zero-order valence-electron chi connectivity index (χ0n) is 11.0. The minimum absolute atomic E-state index is 0.0356. The number of hydrogen-bond donors (Lipinski definition) is 4. The molecule has 0 aromatic rings. The van der Waals surface area contributed by atoms with Crippen LogP contribution < -0.4 is 10.6 Å². The molecular formula is C12H18N4O3. The molecular weight excluding hydrogens is 248 g/mol. The van der Waals surface area contributed by atoms with E-state index in [2.05, 4.69) is 10.6 Å². The fraction of sp³-hybridized carbons (Fsp3) is 0.500. The molecule has 1 aliphatic carbocycles. The van der Waals surface area contributed by atoms with Gasteiger partial charge < -0.3 is 10.1 Å². The maximum atomic E-state index is 11.3. The minimum Gasteiger partial charge on any atom is -0.446 e. The van der Waals surface area contributed by atoms with Gasteiger partial charge in [0.2, 0.25) is 0 Å². The first kappa shape index (κ1) is 14.9. The second-order valence-corrected chi connectivity index (χ2v) is 4.12. The Morgan fingerprint density at radius 3 is 2.47 bits per heavy atom. The Balaban J connectivity index is 2.57. The molecule has 7 nitrogen and oxygen atoms in total. The highest BCUT2D eigenvalue weighted by molar-refractivity contribution is 6.44. The number of carbonyl (C=O) groups is 2. The van der Waals surface area contributed by atoms with E-state index in [1.807, 2.05) is 0 Å². The summed E-state index contributed by atoms with van der Waals surface area (Å²) in [6.45, 7) is 1.76. The van der Waals surface area contributed by atoms with Crippen LogP contribution in [0.25, 0.3) is 0 Å². The van der Waals surface area contributed by atoms with Crippen LogP contribution in [-0.4, -0.2) is 36.7 Å². The van der Waals surface area contributed by atoms with Gasteiger partial charge in [0.25, 0.3) is 5.91 Å². The molecule has 19 heavy (non-hydrogen) atoms. The van der Waals surface area contributed by atoms with Crippen LogP contribution in [0.1, 0.15) is 26.2 Å². The molecule has 104 valence electrons. The van der Waals surface area contributed by atoms with Gasteiger partial charge in [-0.15, -0.1) is 0 Å². The summed E-state index contributed by atoms with van der Waals surface area (Å²) in [5, 5.41) is 19.8.